The van der Waals surface area contributed by atoms with Crippen molar-refractivity contribution in [1.82, 2.24) is 4.90 Å². The summed E-state index contributed by atoms with van der Waals surface area (Å²) in [5.41, 5.74) is 1.98. The summed E-state index contributed by atoms with van der Waals surface area (Å²) >= 11 is 0. The Morgan fingerprint density at radius 3 is 2.52 bits per heavy atom. The third-order valence-corrected chi connectivity index (χ3v) is 3.60. The third-order valence-electron chi connectivity index (χ3n) is 3.60. The Morgan fingerprint density at radius 1 is 1.10 bits per heavy atom. The molecule has 0 radical (unpaired) electrons. The number of carbonyl (C=O) groups is 1. The van der Waals surface area contributed by atoms with E-state index in [1.165, 1.54) is 12.1 Å². The Balaban J connectivity index is 1.72. The summed E-state index contributed by atoms with van der Waals surface area (Å²) in [5.74, 6) is -0.288. The molecule has 1 atom stereocenters. The number of rotatable bonds is 3. The van der Waals surface area contributed by atoms with Gasteiger partial charge in [0.2, 0.25) is 5.91 Å². The van der Waals surface area contributed by atoms with E-state index in [0.29, 0.717) is 13.1 Å². The monoisotopic (exact) mass is 285 g/mol. The van der Waals surface area contributed by atoms with Crippen LogP contribution >= 0.6 is 0 Å². The van der Waals surface area contributed by atoms with Gasteiger partial charge in [-0.1, -0.05) is 42.5 Å². The predicted octanol–water partition coefficient (Wildman–Crippen LogP) is 2.93. The van der Waals surface area contributed by atoms with Crippen molar-refractivity contribution in [3.63, 3.8) is 0 Å². The van der Waals surface area contributed by atoms with Gasteiger partial charge in [-0.05, 0) is 23.3 Å². The van der Waals surface area contributed by atoms with Gasteiger partial charge in [-0.3, -0.25) is 4.79 Å². The zero-order valence-electron chi connectivity index (χ0n) is 11.5. The summed E-state index contributed by atoms with van der Waals surface area (Å²) < 4.78 is 18.5. The molecular weight excluding hydrogens is 269 g/mol. The summed E-state index contributed by atoms with van der Waals surface area (Å²) in [4.78, 5) is 13.8. The summed E-state index contributed by atoms with van der Waals surface area (Å²) in [6.07, 6.45) is -0.202. The first-order valence-corrected chi connectivity index (χ1v) is 6.91. The van der Waals surface area contributed by atoms with Crippen molar-refractivity contribution >= 4 is 5.91 Å². The molecule has 108 valence electrons. The van der Waals surface area contributed by atoms with E-state index in [1.807, 2.05) is 30.3 Å². The second kappa shape index (κ2) is 6.06. The van der Waals surface area contributed by atoms with Crippen molar-refractivity contribution in [2.75, 3.05) is 13.2 Å². The minimum Gasteiger partial charge on any atom is -0.362 e. The van der Waals surface area contributed by atoms with Crippen molar-refractivity contribution < 1.29 is 13.9 Å². The van der Waals surface area contributed by atoms with Crippen LogP contribution in [0, 0.1) is 5.82 Å². The Hall–Kier alpha value is -2.20. The molecule has 2 aromatic rings. The molecule has 21 heavy (non-hydrogen) atoms. The van der Waals surface area contributed by atoms with Crippen molar-refractivity contribution in [1.29, 1.82) is 0 Å². The van der Waals surface area contributed by atoms with Gasteiger partial charge in [0.05, 0.1) is 6.54 Å². The smallest absolute Gasteiger partial charge is 0.249 e. The Bertz CT molecular complexity index is 612. The lowest BCUT2D eigenvalue weighted by molar-refractivity contribution is -0.150. The molecule has 0 spiro atoms. The van der Waals surface area contributed by atoms with Crippen molar-refractivity contribution in [2.24, 2.45) is 0 Å². The van der Waals surface area contributed by atoms with Crippen LogP contribution < -0.4 is 0 Å². The van der Waals surface area contributed by atoms with Gasteiger partial charge in [0, 0.05) is 6.54 Å². The molecule has 1 aliphatic heterocycles. The number of morpholine rings is 1. The van der Waals surface area contributed by atoms with Crippen LogP contribution in [0.5, 0.6) is 0 Å². The third kappa shape index (κ3) is 3.28. The molecule has 0 aromatic heterocycles. The zero-order valence-corrected chi connectivity index (χ0v) is 11.5. The standard InChI is InChI=1S/C17H16FNO2/c18-15-8-6-14(7-9-15)16-11-19(17(20)12-21-16)10-13-4-2-1-3-5-13/h1-9,16H,10-12H2. The van der Waals surface area contributed by atoms with Crippen LogP contribution in [0.1, 0.15) is 17.2 Å². The number of hydrogen-bond acceptors (Lipinski definition) is 2. The van der Waals surface area contributed by atoms with E-state index in [9.17, 15) is 9.18 Å². The van der Waals surface area contributed by atoms with Crippen molar-refractivity contribution in [3.05, 3.63) is 71.5 Å². The van der Waals surface area contributed by atoms with Gasteiger partial charge >= 0.3 is 0 Å². The van der Waals surface area contributed by atoms with Crippen molar-refractivity contribution in [3.8, 4) is 0 Å². The van der Waals surface area contributed by atoms with E-state index < -0.39 is 0 Å². The highest BCUT2D eigenvalue weighted by atomic mass is 19.1. The SMILES string of the molecule is O=C1COC(c2ccc(F)cc2)CN1Cc1ccccc1. The Morgan fingerprint density at radius 2 is 1.81 bits per heavy atom. The highest BCUT2D eigenvalue weighted by molar-refractivity contribution is 5.78. The largest absolute Gasteiger partial charge is 0.362 e. The predicted molar refractivity (Wildman–Crippen MR) is 77.0 cm³/mol. The first-order valence-electron chi connectivity index (χ1n) is 6.91. The number of halogens is 1. The number of amides is 1. The minimum atomic E-state index is -0.272. The van der Waals surface area contributed by atoms with Crippen LogP contribution in [0.4, 0.5) is 4.39 Å². The van der Waals surface area contributed by atoms with Crippen LogP contribution in [0.15, 0.2) is 54.6 Å². The van der Waals surface area contributed by atoms with Gasteiger partial charge in [0.15, 0.2) is 0 Å². The second-order valence-corrected chi connectivity index (χ2v) is 5.11. The van der Waals surface area contributed by atoms with Crippen LogP contribution in [0.3, 0.4) is 0 Å². The molecule has 1 fully saturated rings. The van der Waals surface area contributed by atoms with E-state index in [-0.39, 0.29) is 24.4 Å². The molecule has 1 aliphatic rings. The quantitative estimate of drug-likeness (QED) is 0.868. The molecule has 0 N–H and O–H groups in total. The fraction of sp³-hybridized carbons (Fsp3) is 0.235. The average molecular weight is 285 g/mol. The van der Waals surface area contributed by atoms with Crippen LogP contribution in [-0.2, 0) is 16.1 Å². The molecular formula is C17H16FNO2. The van der Waals surface area contributed by atoms with Gasteiger partial charge in [-0.25, -0.2) is 4.39 Å². The van der Waals surface area contributed by atoms with Gasteiger partial charge in [0.25, 0.3) is 0 Å². The Labute approximate surface area is 123 Å². The van der Waals surface area contributed by atoms with E-state index in [4.69, 9.17) is 4.74 Å². The lowest BCUT2D eigenvalue weighted by Gasteiger charge is -2.33. The number of ether oxygens (including phenoxy) is 1. The maximum atomic E-state index is 13.0. The fourth-order valence-electron chi connectivity index (χ4n) is 2.45. The van der Waals surface area contributed by atoms with E-state index in [0.717, 1.165) is 11.1 Å². The summed E-state index contributed by atoms with van der Waals surface area (Å²) in [7, 11) is 0. The first-order chi connectivity index (χ1) is 10.2. The molecule has 1 heterocycles. The number of benzene rings is 2. The van der Waals surface area contributed by atoms with Gasteiger partial charge in [-0.2, -0.15) is 0 Å². The number of carbonyl (C=O) groups excluding carboxylic acids is 1. The minimum absolute atomic E-state index is 0.0165. The summed E-state index contributed by atoms with van der Waals surface area (Å²) in [5, 5.41) is 0. The molecule has 4 heteroatoms. The highest BCUT2D eigenvalue weighted by Gasteiger charge is 2.27. The normalized spacial score (nSPS) is 18.8. The van der Waals surface area contributed by atoms with Crippen LogP contribution in [0.25, 0.3) is 0 Å². The summed E-state index contributed by atoms with van der Waals surface area (Å²) in [6.45, 7) is 1.12. The van der Waals surface area contributed by atoms with E-state index in [1.54, 1.807) is 17.0 Å². The lowest BCUT2D eigenvalue weighted by atomic mass is 10.1. The van der Waals surface area contributed by atoms with Crippen LogP contribution in [0.2, 0.25) is 0 Å². The van der Waals surface area contributed by atoms with Gasteiger partial charge in [0.1, 0.15) is 18.5 Å². The summed E-state index contributed by atoms with van der Waals surface area (Å²) in [6, 6.07) is 16.1. The molecule has 1 amide bonds. The maximum Gasteiger partial charge on any atom is 0.249 e. The lowest BCUT2D eigenvalue weighted by Crippen LogP contribution is -2.42. The van der Waals surface area contributed by atoms with Crippen molar-refractivity contribution in [2.45, 2.75) is 12.6 Å². The molecule has 0 aliphatic carbocycles. The van der Waals surface area contributed by atoms with Gasteiger partial charge < -0.3 is 9.64 Å². The first kappa shape index (κ1) is 13.8. The molecule has 0 bridgehead atoms. The molecule has 3 nitrogen and oxygen atoms in total. The van der Waals surface area contributed by atoms with Crippen LogP contribution in [-0.4, -0.2) is 24.0 Å². The molecule has 0 saturated carbocycles. The van der Waals surface area contributed by atoms with Gasteiger partial charge in [-0.15, -0.1) is 0 Å². The highest BCUT2D eigenvalue weighted by Crippen LogP contribution is 2.24. The van der Waals surface area contributed by atoms with E-state index in [2.05, 4.69) is 0 Å². The molecule has 2 aromatic carbocycles. The fourth-order valence-corrected chi connectivity index (χ4v) is 2.45. The average Bonchev–Trinajstić information content (AvgIpc) is 2.51. The van der Waals surface area contributed by atoms with E-state index >= 15 is 0 Å². The number of hydrogen-bond donors (Lipinski definition) is 0. The number of nitrogens with zero attached hydrogens (tertiary/aromatic N) is 1. The zero-order chi connectivity index (χ0) is 14.7. The topological polar surface area (TPSA) is 29.5 Å². The Kier molecular flexibility index (Phi) is 3.97. The molecule has 1 unspecified atom stereocenters. The molecule has 3 rings (SSSR count). The second-order valence-electron chi connectivity index (χ2n) is 5.11. The maximum absolute atomic E-state index is 13.0. The molecule has 1 saturated heterocycles.